The number of rotatable bonds is 8. The first kappa shape index (κ1) is 23.6. The Hall–Kier alpha value is -2.57. The third-order valence-electron chi connectivity index (χ3n) is 6.28. The molecule has 0 bridgehead atoms. The van der Waals surface area contributed by atoms with Crippen LogP contribution in [0.2, 0.25) is 5.02 Å². The lowest BCUT2D eigenvalue weighted by atomic mass is 9.96. The molecule has 2 fully saturated rings. The Bertz CT molecular complexity index is 995. The van der Waals surface area contributed by atoms with E-state index in [2.05, 4.69) is 0 Å². The van der Waals surface area contributed by atoms with Crippen LogP contribution in [0.15, 0.2) is 48.5 Å². The second-order valence-corrected chi connectivity index (χ2v) is 9.58. The minimum absolute atomic E-state index is 0.0459. The van der Waals surface area contributed by atoms with Gasteiger partial charge < -0.3 is 19.3 Å². The maximum atomic E-state index is 13.2. The van der Waals surface area contributed by atoms with Crippen LogP contribution in [0.1, 0.15) is 30.4 Å². The molecule has 176 valence electrons. The Morgan fingerprint density at radius 3 is 2.67 bits per heavy atom. The summed E-state index contributed by atoms with van der Waals surface area (Å²) in [6, 6.07) is 15.3. The van der Waals surface area contributed by atoms with Gasteiger partial charge in [0.2, 0.25) is 11.8 Å². The molecular formula is C26H31ClN2O4. The Morgan fingerprint density at radius 2 is 1.97 bits per heavy atom. The van der Waals surface area contributed by atoms with Crippen molar-refractivity contribution in [2.75, 3.05) is 33.4 Å². The van der Waals surface area contributed by atoms with Crippen molar-refractivity contribution in [3.63, 3.8) is 0 Å². The standard InChI is InChI=1S/C26H31ClN2O4/c1-19-14-22(10-11-23(19)27)32-18-26(17-29(12-13-33-26)25(31)21-8-9-21)15-24(30)28(2)16-20-6-4-3-5-7-20/h3-7,10-11,14,21H,8-9,12-13,15-18H2,1-2H3. The van der Waals surface area contributed by atoms with Gasteiger partial charge in [0.1, 0.15) is 18.0 Å². The Balaban J connectivity index is 1.49. The number of nitrogens with zero attached hydrogens (tertiary/aromatic N) is 2. The van der Waals surface area contributed by atoms with Gasteiger partial charge in [0.25, 0.3) is 0 Å². The molecule has 1 saturated carbocycles. The summed E-state index contributed by atoms with van der Waals surface area (Å²) < 4.78 is 12.3. The first-order valence-electron chi connectivity index (χ1n) is 11.4. The first-order chi connectivity index (χ1) is 15.8. The van der Waals surface area contributed by atoms with E-state index in [1.807, 2.05) is 54.3 Å². The van der Waals surface area contributed by atoms with Crippen molar-refractivity contribution < 1.29 is 19.1 Å². The Labute approximate surface area is 200 Å². The number of ether oxygens (including phenoxy) is 2. The van der Waals surface area contributed by atoms with Crippen molar-refractivity contribution in [3.05, 3.63) is 64.7 Å². The largest absolute Gasteiger partial charge is 0.490 e. The van der Waals surface area contributed by atoms with Gasteiger partial charge in [-0.05, 0) is 49.1 Å². The van der Waals surface area contributed by atoms with Crippen molar-refractivity contribution in [2.24, 2.45) is 5.92 Å². The van der Waals surface area contributed by atoms with Gasteiger partial charge in [0, 0.05) is 31.1 Å². The summed E-state index contributed by atoms with van der Waals surface area (Å²) in [5.74, 6) is 0.901. The lowest BCUT2D eigenvalue weighted by molar-refractivity contribution is -0.166. The van der Waals surface area contributed by atoms with Crippen LogP contribution < -0.4 is 4.74 Å². The summed E-state index contributed by atoms with van der Waals surface area (Å²) in [6.07, 6.45) is 2.03. The van der Waals surface area contributed by atoms with E-state index in [1.54, 1.807) is 18.0 Å². The van der Waals surface area contributed by atoms with E-state index in [4.69, 9.17) is 21.1 Å². The van der Waals surface area contributed by atoms with Crippen LogP contribution in [0.25, 0.3) is 0 Å². The molecule has 2 aromatic rings. The van der Waals surface area contributed by atoms with Crippen LogP contribution in [0.3, 0.4) is 0 Å². The van der Waals surface area contributed by atoms with E-state index in [0.717, 1.165) is 24.0 Å². The van der Waals surface area contributed by atoms with Gasteiger partial charge in [0.05, 0.1) is 19.6 Å². The van der Waals surface area contributed by atoms with E-state index in [0.29, 0.717) is 37.0 Å². The normalized spacial score (nSPS) is 20.4. The number of amides is 2. The van der Waals surface area contributed by atoms with Gasteiger partial charge in [-0.3, -0.25) is 9.59 Å². The summed E-state index contributed by atoms with van der Waals surface area (Å²) in [6.45, 7) is 3.88. The molecule has 33 heavy (non-hydrogen) atoms. The minimum atomic E-state index is -0.904. The second kappa shape index (κ2) is 10.1. The van der Waals surface area contributed by atoms with Gasteiger partial charge in [-0.25, -0.2) is 0 Å². The Morgan fingerprint density at radius 1 is 1.21 bits per heavy atom. The molecule has 0 aromatic heterocycles. The first-order valence-corrected chi connectivity index (χ1v) is 11.8. The smallest absolute Gasteiger partial charge is 0.225 e. The molecule has 0 radical (unpaired) electrons. The fourth-order valence-electron chi connectivity index (χ4n) is 4.14. The summed E-state index contributed by atoms with van der Waals surface area (Å²) in [5.41, 5.74) is 1.07. The van der Waals surface area contributed by atoms with Gasteiger partial charge in [0.15, 0.2) is 0 Å². The quantitative estimate of drug-likeness (QED) is 0.583. The van der Waals surface area contributed by atoms with Crippen LogP contribution in [0, 0.1) is 12.8 Å². The van der Waals surface area contributed by atoms with Crippen LogP contribution in [-0.2, 0) is 20.9 Å². The van der Waals surface area contributed by atoms with E-state index >= 15 is 0 Å². The van der Waals surface area contributed by atoms with Gasteiger partial charge in [-0.15, -0.1) is 0 Å². The predicted octanol–water partition coefficient (Wildman–Crippen LogP) is 4.08. The summed E-state index contributed by atoms with van der Waals surface area (Å²) in [5, 5.41) is 0.671. The van der Waals surface area contributed by atoms with E-state index in [-0.39, 0.29) is 30.8 Å². The van der Waals surface area contributed by atoms with Gasteiger partial charge in [-0.1, -0.05) is 41.9 Å². The van der Waals surface area contributed by atoms with Crippen molar-refractivity contribution in [1.82, 2.24) is 9.80 Å². The molecule has 0 N–H and O–H groups in total. The topological polar surface area (TPSA) is 59.1 Å². The van der Waals surface area contributed by atoms with Crippen LogP contribution in [0.4, 0.5) is 0 Å². The van der Waals surface area contributed by atoms with Gasteiger partial charge >= 0.3 is 0 Å². The molecule has 1 atom stereocenters. The molecule has 1 aliphatic carbocycles. The van der Waals surface area contributed by atoms with Crippen LogP contribution in [0.5, 0.6) is 5.75 Å². The van der Waals surface area contributed by atoms with Crippen LogP contribution >= 0.6 is 11.6 Å². The molecule has 2 aliphatic rings. The van der Waals surface area contributed by atoms with E-state index in [9.17, 15) is 9.59 Å². The minimum Gasteiger partial charge on any atom is -0.490 e. The zero-order valence-electron chi connectivity index (χ0n) is 19.3. The maximum absolute atomic E-state index is 13.2. The number of hydrogen-bond donors (Lipinski definition) is 0. The van der Waals surface area contributed by atoms with E-state index in [1.165, 1.54) is 0 Å². The molecule has 0 spiro atoms. The molecule has 1 aliphatic heterocycles. The molecule has 1 heterocycles. The molecule has 2 amide bonds. The number of halogens is 1. The molecule has 4 rings (SSSR count). The highest BCUT2D eigenvalue weighted by Crippen LogP contribution is 2.34. The monoisotopic (exact) mass is 470 g/mol. The number of carbonyl (C=O) groups excluding carboxylic acids is 2. The molecule has 7 heteroatoms. The van der Waals surface area contributed by atoms with Crippen molar-refractivity contribution in [3.8, 4) is 5.75 Å². The van der Waals surface area contributed by atoms with E-state index < -0.39 is 5.60 Å². The van der Waals surface area contributed by atoms with Crippen molar-refractivity contribution in [1.29, 1.82) is 0 Å². The highest BCUT2D eigenvalue weighted by Gasteiger charge is 2.44. The maximum Gasteiger partial charge on any atom is 0.225 e. The number of benzene rings is 2. The van der Waals surface area contributed by atoms with Gasteiger partial charge in [-0.2, -0.15) is 0 Å². The molecule has 1 saturated heterocycles. The average Bonchev–Trinajstić information content (AvgIpc) is 3.66. The predicted molar refractivity (Wildman–Crippen MR) is 127 cm³/mol. The molecule has 2 aromatic carbocycles. The number of aryl methyl sites for hydroxylation is 1. The summed E-state index contributed by atoms with van der Waals surface area (Å²) in [4.78, 5) is 29.6. The highest BCUT2D eigenvalue weighted by molar-refractivity contribution is 6.31. The lowest BCUT2D eigenvalue weighted by Gasteiger charge is -2.42. The molecular weight excluding hydrogens is 440 g/mol. The second-order valence-electron chi connectivity index (χ2n) is 9.18. The molecule has 6 nitrogen and oxygen atoms in total. The number of hydrogen-bond acceptors (Lipinski definition) is 4. The molecule has 1 unspecified atom stereocenters. The summed E-state index contributed by atoms with van der Waals surface area (Å²) in [7, 11) is 1.79. The fourth-order valence-corrected chi connectivity index (χ4v) is 4.26. The zero-order chi connectivity index (χ0) is 23.4. The fraction of sp³-hybridized carbons (Fsp3) is 0.462. The third kappa shape index (κ3) is 6.06. The van der Waals surface area contributed by atoms with Crippen molar-refractivity contribution >= 4 is 23.4 Å². The number of carbonyl (C=O) groups is 2. The Kier molecular flexibility index (Phi) is 7.25. The zero-order valence-corrected chi connectivity index (χ0v) is 20.0. The number of morpholine rings is 1. The average molecular weight is 471 g/mol. The van der Waals surface area contributed by atoms with Crippen LogP contribution in [-0.4, -0.2) is 60.6 Å². The van der Waals surface area contributed by atoms with Crippen molar-refractivity contribution in [2.45, 2.75) is 38.3 Å². The third-order valence-corrected chi connectivity index (χ3v) is 6.70. The highest BCUT2D eigenvalue weighted by atomic mass is 35.5. The lowest BCUT2D eigenvalue weighted by Crippen LogP contribution is -2.58. The SMILES string of the molecule is Cc1cc(OCC2(CC(=O)N(C)Cc3ccccc3)CN(C(=O)C3CC3)CCO2)ccc1Cl. The summed E-state index contributed by atoms with van der Waals surface area (Å²) >= 11 is 6.14.